The highest BCUT2D eigenvalue weighted by atomic mass is 32.2. The molecule has 1 aliphatic carbocycles. The standard InChI is InChI=1S/C31H40N4O6S2/c1-5-34(6-2)22-11-14-25-28(19-22)41-29-20-23(35(7-3)8-4)12-15-26(29)31(25)27-16-13-24(21-30(27)43(38,39)40)42(36,37)33-18-10-9-17-32/h11-16,19-21,33H,5-10,17-18,32H2,1-4H3. The van der Waals surface area contributed by atoms with Gasteiger partial charge < -0.3 is 19.6 Å². The fraction of sp³-hybridized carbons (Fsp3) is 0.387. The number of benzene rings is 3. The summed E-state index contributed by atoms with van der Waals surface area (Å²) in [6.45, 7) is 11.9. The summed E-state index contributed by atoms with van der Waals surface area (Å²) >= 11 is 0. The molecule has 2 aromatic rings. The predicted octanol–water partition coefficient (Wildman–Crippen LogP) is 3.78. The smallest absolute Gasteiger partial charge is 0.240 e. The third-order valence-corrected chi connectivity index (χ3v) is 10.0. The molecule has 0 aromatic heterocycles. The predicted molar refractivity (Wildman–Crippen MR) is 170 cm³/mol. The van der Waals surface area contributed by atoms with Gasteiger partial charge in [0.1, 0.15) is 34.6 Å². The molecule has 2 aliphatic rings. The van der Waals surface area contributed by atoms with Gasteiger partial charge in [-0.3, -0.25) is 0 Å². The van der Waals surface area contributed by atoms with Crippen LogP contribution in [0.3, 0.4) is 0 Å². The molecule has 0 spiro atoms. The zero-order valence-corrected chi connectivity index (χ0v) is 26.7. The van der Waals surface area contributed by atoms with Gasteiger partial charge in [0.2, 0.25) is 15.4 Å². The van der Waals surface area contributed by atoms with E-state index >= 15 is 0 Å². The summed E-state index contributed by atoms with van der Waals surface area (Å²) in [4.78, 5) is 1.24. The Bertz CT molecular complexity index is 1860. The Hall–Kier alpha value is -3.29. The van der Waals surface area contributed by atoms with Gasteiger partial charge in [0.25, 0.3) is 0 Å². The van der Waals surface area contributed by atoms with Crippen LogP contribution in [0.4, 0.5) is 5.69 Å². The number of nitrogens with one attached hydrogen (secondary N) is 1. The zero-order valence-electron chi connectivity index (χ0n) is 25.1. The van der Waals surface area contributed by atoms with E-state index in [1.807, 2.05) is 36.4 Å². The van der Waals surface area contributed by atoms with Gasteiger partial charge in [-0.05, 0) is 77.4 Å². The molecular weight excluding hydrogens is 588 g/mol. The van der Waals surface area contributed by atoms with E-state index in [-0.39, 0.29) is 17.0 Å². The lowest BCUT2D eigenvalue weighted by molar-refractivity contribution is 0.463. The van der Waals surface area contributed by atoms with Crippen LogP contribution in [0.2, 0.25) is 0 Å². The molecule has 0 saturated carbocycles. The molecule has 0 fully saturated rings. The van der Waals surface area contributed by atoms with Gasteiger partial charge in [0.15, 0.2) is 0 Å². The summed E-state index contributed by atoms with van der Waals surface area (Å²) in [5, 5.41) is 1.53. The van der Waals surface area contributed by atoms with E-state index < -0.39 is 25.0 Å². The summed E-state index contributed by atoms with van der Waals surface area (Å²) in [5.41, 5.74) is 8.11. The van der Waals surface area contributed by atoms with E-state index in [1.54, 1.807) is 0 Å². The molecule has 1 aliphatic heterocycles. The van der Waals surface area contributed by atoms with Crippen LogP contribution in [-0.2, 0) is 20.1 Å². The SMILES string of the molecule is CCN(CC)c1ccc2c(-c3ccc(S(=O)(=O)NCCCCN)cc3S(=O)(=O)[O-])c3ccc(=[N+](CC)CC)cc-3oc2c1. The average Bonchev–Trinajstić information content (AvgIpc) is 2.98. The zero-order chi connectivity index (χ0) is 31.4. The lowest BCUT2D eigenvalue weighted by atomic mass is 9.93. The number of sulfonamides is 1. The molecular formula is C31H40N4O6S2. The molecule has 2 aromatic carbocycles. The Kier molecular flexibility index (Phi) is 10.3. The number of nitrogens with zero attached hydrogens (tertiary/aromatic N) is 2. The lowest BCUT2D eigenvalue weighted by Gasteiger charge is -2.23. The summed E-state index contributed by atoms with van der Waals surface area (Å²) in [6, 6.07) is 15.0. The third kappa shape index (κ3) is 6.94. The highest BCUT2D eigenvalue weighted by Gasteiger charge is 2.25. The molecule has 3 N–H and O–H groups in total. The van der Waals surface area contributed by atoms with E-state index in [0.29, 0.717) is 47.2 Å². The van der Waals surface area contributed by atoms with E-state index in [4.69, 9.17) is 10.2 Å². The molecule has 0 radical (unpaired) electrons. The summed E-state index contributed by atoms with van der Waals surface area (Å²) in [5.74, 6) is 0.510. The van der Waals surface area contributed by atoms with Crippen molar-refractivity contribution in [2.45, 2.75) is 50.3 Å². The van der Waals surface area contributed by atoms with E-state index in [2.05, 4.69) is 41.9 Å². The summed E-state index contributed by atoms with van der Waals surface area (Å²) in [6.07, 6.45) is 1.16. The van der Waals surface area contributed by atoms with Crippen LogP contribution in [0.5, 0.6) is 0 Å². The van der Waals surface area contributed by atoms with Gasteiger partial charge >= 0.3 is 0 Å². The van der Waals surface area contributed by atoms with Crippen LogP contribution in [0.15, 0.2) is 68.8 Å². The van der Waals surface area contributed by atoms with E-state index in [1.165, 1.54) is 12.1 Å². The number of hydrogen-bond donors (Lipinski definition) is 2. The van der Waals surface area contributed by atoms with Crippen molar-refractivity contribution in [3.8, 4) is 22.5 Å². The molecule has 0 bridgehead atoms. The number of anilines is 1. The van der Waals surface area contributed by atoms with Gasteiger partial charge in [0, 0.05) is 59.5 Å². The minimum atomic E-state index is -5.10. The first kappa shape index (κ1) is 32.6. The second kappa shape index (κ2) is 13.6. The fourth-order valence-electron chi connectivity index (χ4n) is 5.37. The number of rotatable bonds is 13. The maximum absolute atomic E-state index is 13.0. The average molecular weight is 629 g/mol. The number of fused-ring (bicyclic) bond motifs is 2. The fourth-order valence-corrected chi connectivity index (χ4v) is 7.26. The molecule has 1 heterocycles. The first-order valence-electron chi connectivity index (χ1n) is 14.6. The number of nitrogens with two attached hydrogens (primary N) is 1. The van der Waals surface area contributed by atoms with Gasteiger partial charge in [-0.1, -0.05) is 6.07 Å². The molecule has 10 nitrogen and oxygen atoms in total. The maximum atomic E-state index is 13.0. The molecule has 0 saturated heterocycles. The van der Waals surface area contributed by atoms with Crippen molar-refractivity contribution < 1.29 is 25.8 Å². The molecule has 0 atom stereocenters. The Morgan fingerprint density at radius 3 is 2.21 bits per heavy atom. The summed E-state index contributed by atoms with van der Waals surface area (Å²) in [7, 11) is -9.17. The highest BCUT2D eigenvalue weighted by molar-refractivity contribution is 7.89. The molecule has 4 rings (SSSR count). The topological polar surface area (TPSA) is 149 Å². The maximum Gasteiger partial charge on any atom is 0.240 e. The minimum absolute atomic E-state index is 0.106. The van der Waals surface area contributed by atoms with Gasteiger partial charge in [-0.25, -0.2) is 26.1 Å². The number of unbranched alkanes of at least 4 members (excludes halogenated alkanes) is 1. The summed E-state index contributed by atoms with van der Waals surface area (Å²) < 4.78 is 75.2. The van der Waals surface area contributed by atoms with Crippen LogP contribution < -0.4 is 25.3 Å². The van der Waals surface area contributed by atoms with Crippen LogP contribution in [0.25, 0.3) is 33.4 Å². The minimum Gasteiger partial charge on any atom is -0.744 e. The van der Waals surface area contributed by atoms with Gasteiger partial charge in [-0.2, -0.15) is 0 Å². The highest BCUT2D eigenvalue weighted by Crippen LogP contribution is 2.43. The Labute approximate surface area is 254 Å². The first-order chi connectivity index (χ1) is 20.5. The van der Waals surface area contributed by atoms with Gasteiger partial charge in [-0.15, -0.1) is 0 Å². The van der Waals surface area contributed by atoms with Crippen LogP contribution >= 0.6 is 0 Å². The van der Waals surface area contributed by atoms with Crippen molar-refractivity contribution in [3.63, 3.8) is 0 Å². The monoisotopic (exact) mass is 628 g/mol. The third-order valence-electron chi connectivity index (χ3n) is 7.67. The van der Waals surface area contributed by atoms with Crippen LogP contribution in [-0.4, -0.2) is 60.7 Å². The second-order valence-corrected chi connectivity index (χ2v) is 13.3. The van der Waals surface area contributed by atoms with Crippen LogP contribution in [0.1, 0.15) is 40.5 Å². The van der Waals surface area contributed by atoms with Crippen molar-refractivity contribution in [3.05, 3.63) is 60.0 Å². The Morgan fingerprint density at radius 1 is 0.884 bits per heavy atom. The molecule has 0 amide bonds. The normalized spacial score (nSPS) is 12.2. The first-order valence-corrected chi connectivity index (χ1v) is 17.5. The van der Waals surface area contributed by atoms with Crippen molar-refractivity contribution >= 4 is 36.8 Å². The largest absolute Gasteiger partial charge is 0.744 e. The lowest BCUT2D eigenvalue weighted by Crippen LogP contribution is -2.29. The molecule has 43 heavy (non-hydrogen) atoms. The quantitative estimate of drug-likeness (QED) is 0.0984. The van der Waals surface area contributed by atoms with E-state index in [0.717, 1.165) is 43.3 Å². The van der Waals surface area contributed by atoms with Gasteiger partial charge in [0.05, 0.1) is 15.9 Å². The second-order valence-electron chi connectivity index (χ2n) is 10.2. The van der Waals surface area contributed by atoms with E-state index in [9.17, 15) is 21.4 Å². The van der Waals surface area contributed by atoms with Crippen molar-refractivity contribution in [1.29, 1.82) is 0 Å². The number of hydrogen-bond acceptors (Lipinski definition) is 8. The molecule has 12 heteroatoms. The van der Waals surface area contributed by atoms with Crippen LogP contribution in [0, 0.1) is 0 Å². The van der Waals surface area contributed by atoms with Crippen molar-refractivity contribution in [1.82, 2.24) is 9.30 Å². The molecule has 232 valence electrons. The van der Waals surface area contributed by atoms with Crippen molar-refractivity contribution in [2.24, 2.45) is 5.73 Å². The Balaban J connectivity index is 2.05. The van der Waals surface area contributed by atoms with Crippen molar-refractivity contribution in [2.75, 3.05) is 44.2 Å². The Morgan fingerprint density at radius 2 is 1.58 bits per heavy atom. The molecule has 0 unspecified atom stereocenters.